The van der Waals surface area contributed by atoms with Crippen LogP contribution in [-0.2, 0) is 0 Å². The number of rotatable bonds is 5. The van der Waals surface area contributed by atoms with Crippen molar-refractivity contribution in [2.24, 2.45) is 0 Å². The Labute approximate surface area is 153 Å². The number of nitro benzene ring substituents is 1. The molecule has 0 radical (unpaired) electrons. The average molecular weight is 378 g/mol. The maximum Gasteiger partial charge on any atom is 0.288 e. The van der Waals surface area contributed by atoms with Crippen molar-refractivity contribution in [3.63, 3.8) is 0 Å². The second-order valence-electron chi connectivity index (χ2n) is 5.09. The second-order valence-corrected chi connectivity index (χ2v) is 5.90. The van der Waals surface area contributed by atoms with Crippen molar-refractivity contribution < 1.29 is 9.66 Å². The molecule has 0 aliphatic heterocycles. The zero-order valence-corrected chi connectivity index (χ0v) is 14.7. The standard InChI is InChI=1S/C17H13Cl2N3O3/c1-2-25-17-10-15(20-21(17)11-6-4-3-5-7-11)12-8-16(22(23)24)14(19)9-13(12)18/h3-10H,2H2,1H3. The number of aromatic nitrogens is 2. The van der Waals surface area contributed by atoms with Crippen molar-refractivity contribution in [2.75, 3.05) is 6.61 Å². The maximum absolute atomic E-state index is 11.1. The Morgan fingerprint density at radius 1 is 1.16 bits per heavy atom. The fraction of sp³-hybridized carbons (Fsp3) is 0.118. The zero-order valence-electron chi connectivity index (χ0n) is 13.1. The lowest BCUT2D eigenvalue weighted by Crippen LogP contribution is -2.02. The van der Waals surface area contributed by atoms with Crippen molar-refractivity contribution in [2.45, 2.75) is 6.92 Å². The quantitative estimate of drug-likeness (QED) is 0.455. The Morgan fingerprint density at radius 3 is 2.52 bits per heavy atom. The van der Waals surface area contributed by atoms with Crippen molar-refractivity contribution in [3.05, 3.63) is 68.7 Å². The van der Waals surface area contributed by atoms with Gasteiger partial charge in [0.05, 0.1) is 27.9 Å². The van der Waals surface area contributed by atoms with E-state index in [0.29, 0.717) is 23.7 Å². The third-order valence-electron chi connectivity index (χ3n) is 3.48. The van der Waals surface area contributed by atoms with Crippen LogP contribution in [0.5, 0.6) is 5.88 Å². The fourth-order valence-electron chi connectivity index (χ4n) is 2.37. The third-order valence-corrected chi connectivity index (χ3v) is 4.09. The van der Waals surface area contributed by atoms with Crippen LogP contribution in [0.2, 0.25) is 10.0 Å². The van der Waals surface area contributed by atoms with E-state index in [1.807, 2.05) is 37.3 Å². The molecule has 25 heavy (non-hydrogen) atoms. The first-order chi connectivity index (χ1) is 12.0. The molecular weight excluding hydrogens is 365 g/mol. The molecule has 0 spiro atoms. The van der Waals surface area contributed by atoms with Gasteiger partial charge in [0.1, 0.15) is 5.02 Å². The summed E-state index contributed by atoms with van der Waals surface area (Å²) in [4.78, 5) is 10.6. The van der Waals surface area contributed by atoms with Gasteiger partial charge in [0.25, 0.3) is 5.69 Å². The molecule has 1 aromatic heterocycles. The Bertz CT molecular complexity index is 926. The molecule has 0 atom stereocenters. The normalized spacial score (nSPS) is 10.7. The van der Waals surface area contributed by atoms with Gasteiger partial charge in [-0.05, 0) is 25.1 Å². The minimum atomic E-state index is -0.556. The lowest BCUT2D eigenvalue weighted by atomic mass is 10.1. The summed E-state index contributed by atoms with van der Waals surface area (Å²) >= 11 is 12.1. The van der Waals surface area contributed by atoms with Crippen LogP contribution in [-0.4, -0.2) is 21.3 Å². The van der Waals surface area contributed by atoms with Gasteiger partial charge in [-0.15, -0.1) is 0 Å². The third kappa shape index (κ3) is 3.45. The van der Waals surface area contributed by atoms with Gasteiger partial charge < -0.3 is 4.74 Å². The average Bonchev–Trinajstić information content (AvgIpc) is 2.99. The van der Waals surface area contributed by atoms with E-state index in [9.17, 15) is 10.1 Å². The molecule has 0 saturated heterocycles. The molecule has 6 nitrogen and oxygen atoms in total. The number of hydrogen-bond donors (Lipinski definition) is 0. The number of benzene rings is 2. The van der Waals surface area contributed by atoms with Gasteiger partial charge >= 0.3 is 0 Å². The van der Waals surface area contributed by atoms with Gasteiger partial charge in [0.15, 0.2) is 0 Å². The Hall–Kier alpha value is -2.57. The van der Waals surface area contributed by atoms with E-state index < -0.39 is 4.92 Å². The molecule has 1 heterocycles. The summed E-state index contributed by atoms with van der Waals surface area (Å²) in [6, 6.07) is 13.8. The lowest BCUT2D eigenvalue weighted by Gasteiger charge is -2.06. The summed E-state index contributed by atoms with van der Waals surface area (Å²) < 4.78 is 7.25. The van der Waals surface area contributed by atoms with Crippen LogP contribution >= 0.6 is 23.2 Å². The summed E-state index contributed by atoms with van der Waals surface area (Å²) in [6.07, 6.45) is 0. The van der Waals surface area contributed by atoms with E-state index in [-0.39, 0.29) is 15.7 Å². The SMILES string of the molecule is CCOc1cc(-c2cc([N+](=O)[O-])c(Cl)cc2Cl)nn1-c1ccccc1. The van der Waals surface area contributed by atoms with Crippen molar-refractivity contribution in [1.82, 2.24) is 9.78 Å². The summed E-state index contributed by atoms with van der Waals surface area (Å²) in [7, 11) is 0. The number of hydrogen-bond acceptors (Lipinski definition) is 4. The van der Waals surface area contributed by atoms with Crippen LogP contribution in [0.4, 0.5) is 5.69 Å². The molecule has 2 aromatic carbocycles. The van der Waals surface area contributed by atoms with E-state index in [1.54, 1.807) is 10.7 Å². The monoisotopic (exact) mass is 377 g/mol. The van der Waals surface area contributed by atoms with Crippen LogP contribution < -0.4 is 4.74 Å². The summed E-state index contributed by atoms with van der Waals surface area (Å²) in [5.74, 6) is 0.511. The van der Waals surface area contributed by atoms with Crippen LogP contribution in [0, 0.1) is 10.1 Å². The second kappa shape index (κ2) is 7.13. The largest absolute Gasteiger partial charge is 0.478 e. The highest BCUT2D eigenvalue weighted by atomic mass is 35.5. The zero-order chi connectivity index (χ0) is 18.0. The van der Waals surface area contributed by atoms with E-state index in [4.69, 9.17) is 27.9 Å². The van der Waals surface area contributed by atoms with Crippen molar-refractivity contribution in [1.29, 1.82) is 0 Å². The highest BCUT2D eigenvalue weighted by molar-refractivity contribution is 6.37. The first-order valence-electron chi connectivity index (χ1n) is 7.43. The molecule has 128 valence electrons. The van der Waals surface area contributed by atoms with E-state index in [1.165, 1.54) is 12.1 Å². The number of ether oxygens (including phenoxy) is 1. The first kappa shape index (κ1) is 17.3. The number of nitrogens with zero attached hydrogens (tertiary/aromatic N) is 3. The van der Waals surface area contributed by atoms with Gasteiger partial charge in [0.2, 0.25) is 5.88 Å². The topological polar surface area (TPSA) is 70.2 Å². The molecular formula is C17H13Cl2N3O3. The first-order valence-corrected chi connectivity index (χ1v) is 8.19. The molecule has 0 saturated carbocycles. The van der Waals surface area contributed by atoms with Gasteiger partial charge in [0, 0.05) is 17.7 Å². The van der Waals surface area contributed by atoms with Crippen LogP contribution in [0.1, 0.15) is 6.92 Å². The minimum absolute atomic E-state index is 0.0220. The number of halogens is 2. The van der Waals surface area contributed by atoms with Crippen LogP contribution in [0.15, 0.2) is 48.5 Å². The Morgan fingerprint density at radius 2 is 1.88 bits per heavy atom. The molecule has 0 bridgehead atoms. The predicted molar refractivity (Wildman–Crippen MR) is 96.8 cm³/mol. The lowest BCUT2D eigenvalue weighted by molar-refractivity contribution is -0.384. The Balaban J connectivity index is 2.16. The van der Waals surface area contributed by atoms with Crippen LogP contribution in [0.3, 0.4) is 0 Å². The van der Waals surface area contributed by atoms with E-state index >= 15 is 0 Å². The molecule has 0 N–H and O–H groups in total. The molecule has 0 unspecified atom stereocenters. The van der Waals surface area contributed by atoms with Crippen molar-refractivity contribution >= 4 is 28.9 Å². The number of para-hydroxylation sites is 1. The number of nitro groups is 1. The molecule has 3 rings (SSSR count). The van der Waals surface area contributed by atoms with Crippen molar-refractivity contribution in [3.8, 4) is 22.8 Å². The summed E-state index contributed by atoms with van der Waals surface area (Å²) in [5, 5.41) is 15.9. The smallest absolute Gasteiger partial charge is 0.288 e. The predicted octanol–water partition coefficient (Wildman–Crippen LogP) is 5.15. The van der Waals surface area contributed by atoms with E-state index in [0.717, 1.165) is 5.69 Å². The molecule has 3 aromatic rings. The minimum Gasteiger partial charge on any atom is -0.478 e. The highest BCUT2D eigenvalue weighted by Crippen LogP contribution is 2.37. The molecule has 0 amide bonds. The van der Waals surface area contributed by atoms with Gasteiger partial charge in [-0.3, -0.25) is 10.1 Å². The van der Waals surface area contributed by atoms with Gasteiger partial charge in [-0.1, -0.05) is 41.4 Å². The molecule has 8 heteroatoms. The Kier molecular flexibility index (Phi) is 4.92. The summed E-state index contributed by atoms with van der Waals surface area (Å²) in [6.45, 7) is 2.31. The highest BCUT2D eigenvalue weighted by Gasteiger charge is 2.20. The van der Waals surface area contributed by atoms with Crippen LogP contribution in [0.25, 0.3) is 16.9 Å². The van der Waals surface area contributed by atoms with Gasteiger partial charge in [-0.2, -0.15) is 5.10 Å². The molecule has 0 fully saturated rings. The molecule has 0 aliphatic rings. The fourth-order valence-corrected chi connectivity index (χ4v) is 2.92. The van der Waals surface area contributed by atoms with E-state index in [2.05, 4.69) is 5.10 Å². The molecule has 0 aliphatic carbocycles. The summed E-state index contributed by atoms with van der Waals surface area (Å²) in [5.41, 5.74) is 1.44. The maximum atomic E-state index is 11.1. The van der Waals surface area contributed by atoms with Gasteiger partial charge in [-0.25, -0.2) is 4.68 Å².